The van der Waals surface area contributed by atoms with Crippen LogP contribution in [0.4, 0.5) is 0 Å². The van der Waals surface area contributed by atoms with E-state index in [1.54, 1.807) is 4.72 Å². The number of aliphatic hydroxyl groups is 7. The second-order valence-electron chi connectivity index (χ2n) is 8.10. The highest BCUT2D eigenvalue weighted by Crippen LogP contribution is 2.19. The summed E-state index contributed by atoms with van der Waals surface area (Å²) >= 11 is 0. The number of carbonyl (C=O) groups excluding carboxylic acids is 1. The van der Waals surface area contributed by atoms with Crippen LogP contribution >= 0.6 is 0 Å². The predicted molar refractivity (Wildman–Crippen MR) is 109 cm³/mol. The minimum absolute atomic E-state index is 0.0897. The standard InChI is InChI=1S/C6H13NO6S.C6H10O5.C6H12O4/c8-2-4-1-6(9)5(3-13-4)7-14(10,11)12;7-3-1-5(6(9)10)11-2-4(3)8;7-2-4-1-5(9)6(3-8)10-4/h4-9H,1-3H2,(H,10,11,12);3-5,7-8H,1-2H2,(H,9,10);4-9H,1-3H2/p-2. The minimum atomic E-state index is -4.58. The topological polar surface area (TPSA) is 279 Å². The van der Waals surface area contributed by atoms with E-state index < -0.39 is 65.0 Å². The number of carboxylic acid groups (broad SMARTS) is 1. The number of carbonyl (C=O) groups is 1. The molecule has 35 heavy (non-hydrogen) atoms. The molecule has 9 atom stereocenters. The molecular weight excluding hydrogens is 502 g/mol. The third-order valence-electron chi connectivity index (χ3n) is 5.29. The molecule has 0 spiro atoms. The molecule has 3 rings (SSSR count). The van der Waals surface area contributed by atoms with Crippen LogP contribution in [0.1, 0.15) is 19.3 Å². The zero-order valence-corrected chi connectivity index (χ0v) is 19.5. The Balaban J connectivity index is 0.000000267. The van der Waals surface area contributed by atoms with Gasteiger partial charge in [0.15, 0.2) is 10.3 Å². The van der Waals surface area contributed by atoms with E-state index in [0.29, 0.717) is 6.42 Å². The van der Waals surface area contributed by atoms with Crippen LogP contribution in [-0.2, 0) is 29.3 Å². The van der Waals surface area contributed by atoms with Crippen LogP contribution in [0, 0.1) is 0 Å². The summed E-state index contributed by atoms with van der Waals surface area (Å²) in [5.74, 6) is -1.35. The van der Waals surface area contributed by atoms with E-state index in [2.05, 4.69) is 4.74 Å². The van der Waals surface area contributed by atoms with Crippen molar-refractivity contribution in [3.05, 3.63) is 0 Å². The molecule has 0 bridgehead atoms. The predicted octanol–water partition coefficient (Wildman–Crippen LogP) is -6.72. The summed E-state index contributed by atoms with van der Waals surface area (Å²) in [5.41, 5.74) is 0. The lowest BCUT2D eigenvalue weighted by molar-refractivity contribution is -0.321. The number of aliphatic hydroxyl groups excluding tert-OH is 7. The van der Waals surface area contributed by atoms with Crippen molar-refractivity contribution in [2.75, 3.05) is 33.0 Å². The maximum atomic E-state index is 10.3. The van der Waals surface area contributed by atoms with Crippen LogP contribution in [0.3, 0.4) is 0 Å². The third kappa shape index (κ3) is 11.7. The zero-order chi connectivity index (χ0) is 26.8. The molecule has 8 N–H and O–H groups in total. The molecule has 9 unspecified atom stereocenters. The summed E-state index contributed by atoms with van der Waals surface area (Å²) in [6.07, 6.45) is -5.62. The number of aliphatic carboxylic acids is 1. The first kappa shape index (κ1) is 32.0. The van der Waals surface area contributed by atoms with Crippen LogP contribution in [0.2, 0.25) is 0 Å². The SMILES string of the molecule is O=C([O-])C1CC(O)C(O)CO1.O=S(=O)([O-])NC1COC(CO)CC1O.OCC1CC(O)C(CO)O1. The van der Waals surface area contributed by atoms with Gasteiger partial charge in [-0.05, 0) is 0 Å². The second kappa shape index (κ2) is 15.3. The second-order valence-corrected chi connectivity index (χ2v) is 9.24. The molecule has 208 valence electrons. The summed E-state index contributed by atoms with van der Waals surface area (Å²) < 4.78 is 47.3. The van der Waals surface area contributed by atoms with Crippen molar-refractivity contribution in [3.63, 3.8) is 0 Å². The van der Waals surface area contributed by atoms with Crippen molar-refractivity contribution in [1.29, 1.82) is 0 Å². The molecule has 3 saturated heterocycles. The maximum Gasteiger partial charge on any atom is 0.159 e. The Morgan fingerprint density at radius 2 is 1.43 bits per heavy atom. The fraction of sp³-hybridized carbons (Fsp3) is 0.944. The molecule has 3 aliphatic rings. The average molecular weight is 536 g/mol. The summed E-state index contributed by atoms with van der Waals surface area (Å²) in [6, 6.07) is -0.930. The largest absolute Gasteiger partial charge is 0.735 e. The van der Waals surface area contributed by atoms with Gasteiger partial charge < -0.3 is 64.4 Å². The van der Waals surface area contributed by atoms with Gasteiger partial charge in [0.1, 0.15) is 12.2 Å². The molecule has 0 aromatic heterocycles. The first-order valence-corrected chi connectivity index (χ1v) is 12.1. The highest BCUT2D eigenvalue weighted by Gasteiger charge is 2.33. The number of rotatable bonds is 6. The molecule has 0 aromatic rings. The number of ether oxygens (including phenoxy) is 3. The molecule has 16 nitrogen and oxygen atoms in total. The lowest BCUT2D eigenvalue weighted by Crippen LogP contribution is -2.52. The fourth-order valence-corrected chi connectivity index (χ4v) is 3.90. The van der Waals surface area contributed by atoms with Gasteiger partial charge in [-0.15, -0.1) is 0 Å². The molecule has 3 heterocycles. The molecule has 0 radical (unpaired) electrons. The highest BCUT2D eigenvalue weighted by atomic mass is 32.2. The van der Waals surface area contributed by atoms with E-state index in [1.165, 1.54) is 0 Å². The van der Waals surface area contributed by atoms with Crippen LogP contribution < -0.4 is 9.83 Å². The van der Waals surface area contributed by atoms with Gasteiger partial charge in [-0.25, -0.2) is 13.1 Å². The average Bonchev–Trinajstić information content (AvgIpc) is 3.16. The van der Waals surface area contributed by atoms with Gasteiger partial charge in [-0.2, -0.15) is 0 Å². The third-order valence-corrected chi connectivity index (χ3v) is 5.89. The van der Waals surface area contributed by atoms with Crippen LogP contribution in [-0.4, -0.2) is 143 Å². The fourth-order valence-electron chi connectivity index (χ4n) is 3.31. The molecule has 0 amide bonds. The Morgan fingerprint density at radius 3 is 1.83 bits per heavy atom. The molecule has 0 aliphatic carbocycles. The molecule has 3 fully saturated rings. The van der Waals surface area contributed by atoms with Gasteiger partial charge >= 0.3 is 0 Å². The van der Waals surface area contributed by atoms with Crippen molar-refractivity contribution in [3.8, 4) is 0 Å². The lowest BCUT2D eigenvalue weighted by Gasteiger charge is -2.33. The Bertz CT molecular complexity index is 725. The maximum absolute atomic E-state index is 10.3. The van der Waals surface area contributed by atoms with E-state index >= 15 is 0 Å². The Morgan fingerprint density at radius 1 is 0.829 bits per heavy atom. The van der Waals surface area contributed by atoms with E-state index in [-0.39, 0.29) is 52.0 Å². The Labute approximate surface area is 201 Å². The van der Waals surface area contributed by atoms with Crippen molar-refractivity contribution < 1.29 is 72.8 Å². The summed E-state index contributed by atoms with van der Waals surface area (Å²) in [5, 5.41) is 72.4. The quantitative estimate of drug-likeness (QED) is 0.147. The van der Waals surface area contributed by atoms with Crippen LogP contribution in [0.15, 0.2) is 0 Å². The molecule has 0 saturated carbocycles. The minimum Gasteiger partial charge on any atom is -0.735 e. The zero-order valence-electron chi connectivity index (χ0n) is 18.7. The number of hydrogen-bond donors (Lipinski definition) is 8. The van der Waals surface area contributed by atoms with Gasteiger partial charge in [0.25, 0.3) is 0 Å². The first-order chi connectivity index (χ1) is 16.3. The van der Waals surface area contributed by atoms with Gasteiger partial charge in [0.05, 0.1) is 81.7 Å². The molecule has 0 aromatic carbocycles. The Kier molecular flexibility index (Phi) is 13.9. The summed E-state index contributed by atoms with van der Waals surface area (Å²) in [7, 11) is -4.58. The van der Waals surface area contributed by atoms with E-state index in [1.807, 2.05) is 0 Å². The van der Waals surface area contributed by atoms with Gasteiger partial charge in [0, 0.05) is 19.3 Å². The normalized spacial score (nSPS) is 37.4. The highest BCUT2D eigenvalue weighted by molar-refractivity contribution is 7.83. The van der Waals surface area contributed by atoms with Crippen molar-refractivity contribution >= 4 is 16.3 Å². The van der Waals surface area contributed by atoms with Gasteiger partial charge in [-0.1, -0.05) is 0 Å². The van der Waals surface area contributed by atoms with E-state index in [4.69, 9.17) is 40.1 Å². The Hall–Kier alpha value is -1.06. The van der Waals surface area contributed by atoms with Crippen LogP contribution in [0.25, 0.3) is 0 Å². The first-order valence-electron chi connectivity index (χ1n) is 10.7. The van der Waals surface area contributed by atoms with E-state index in [0.717, 1.165) is 0 Å². The molecule has 17 heteroatoms. The van der Waals surface area contributed by atoms with Gasteiger partial charge in [-0.3, -0.25) is 0 Å². The summed E-state index contributed by atoms with van der Waals surface area (Å²) in [4.78, 5) is 10.2. The van der Waals surface area contributed by atoms with Crippen molar-refractivity contribution in [2.45, 2.75) is 74.1 Å². The molecule has 3 aliphatic heterocycles. The lowest BCUT2D eigenvalue weighted by atomic mass is 10.0. The van der Waals surface area contributed by atoms with E-state index in [9.17, 15) is 28.0 Å². The van der Waals surface area contributed by atoms with Crippen molar-refractivity contribution in [2.24, 2.45) is 0 Å². The number of nitrogens with one attached hydrogen (secondary N) is 1. The summed E-state index contributed by atoms with van der Waals surface area (Å²) in [6.45, 7) is -0.785. The van der Waals surface area contributed by atoms with Crippen LogP contribution in [0.5, 0.6) is 0 Å². The number of hydrogen-bond acceptors (Lipinski definition) is 15. The van der Waals surface area contributed by atoms with Gasteiger partial charge in [0.2, 0.25) is 0 Å². The number of carboxylic acids is 1. The molecular formula is C18H33NO15S-2. The smallest absolute Gasteiger partial charge is 0.159 e. The monoisotopic (exact) mass is 535 g/mol. The van der Waals surface area contributed by atoms with Crippen molar-refractivity contribution in [1.82, 2.24) is 4.72 Å².